The van der Waals surface area contributed by atoms with Crippen molar-refractivity contribution in [2.75, 3.05) is 0 Å². The van der Waals surface area contributed by atoms with Gasteiger partial charge >= 0.3 is 60.8 Å². The molecule has 1 heterocycles. The van der Waals surface area contributed by atoms with Gasteiger partial charge in [0.05, 0.1) is 0 Å². The van der Waals surface area contributed by atoms with Crippen molar-refractivity contribution >= 4 is 0 Å². The number of hydrogen-bond donors (Lipinski definition) is 0. The van der Waals surface area contributed by atoms with Crippen molar-refractivity contribution in [1.29, 1.82) is 0 Å². The predicted molar refractivity (Wildman–Crippen MR) is 41.0 cm³/mol. The van der Waals surface area contributed by atoms with Crippen LogP contribution in [0.5, 0.6) is 0 Å². The molecule has 0 aliphatic heterocycles. The number of aryl methyl sites for hydroxylation is 1. The van der Waals surface area contributed by atoms with Crippen LogP contribution >= 0.6 is 0 Å². The second kappa shape index (κ2) is 2.76. The molecule has 0 aromatic carbocycles. The van der Waals surface area contributed by atoms with E-state index in [-0.39, 0.29) is 5.92 Å². The minimum absolute atomic E-state index is 0.111. The first-order valence-electron chi connectivity index (χ1n) is 3.29. The van der Waals surface area contributed by atoms with Gasteiger partial charge in [0.15, 0.2) is 0 Å². The molecule has 10 heavy (non-hydrogen) atoms. The molecule has 0 saturated carbocycles. The van der Waals surface area contributed by atoms with Gasteiger partial charge in [-0.1, -0.05) is 0 Å². The van der Waals surface area contributed by atoms with Gasteiger partial charge < -0.3 is 0 Å². The Labute approximate surface area is 61.7 Å². The molecule has 0 aliphatic rings. The summed E-state index contributed by atoms with van der Waals surface area (Å²) in [6, 6.07) is 3.98. The average Bonchev–Trinajstić information content (AvgIpc) is 2.34. The monoisotopic (exact) mass is 132 g/mol. The number of nitrogens with zero attached hydrogens (tertiary/aromatic N) is 1. The van der Waals surface area contributed by atoms with E-state index in [1.807, 2.05) is 36.9 Å². The van der Waals surface area contributed by atoms with Crippen molar-refractivity contribution in [3.63, 3.8) is 0 Å². The minimum atomic E-state index is 0.111. The first-order chi connectivity index (χ1) is 4.75. The van der Waals surface area contributed by atoms with Gasteiger partial charge in [-0.3, -0.25) is 0 Å². The third-order valence-corrected chi connectivity index (χ3v) is 1.64. The van der Waals surface area contributed by atoms with E-state index < -0.39 is 0 Å². The fourth-order valence-corrected chi connectivity index (χ4v) is 0.998. The van der Waals surface area contributed by atoms with Crippen LogP contribution in [-0.4, -0.2) is 4.57 Å². The van der Waals surface area contributed by atoms with Gasteiger partial charge in [-0.05, 0) is 0 Å². The Morgan fingerprint density at radius 3 is 2.80 bits per heavy atom. The molecule has 0 aliphatic carbocycles. The van der Waals surface area contributed by atoms with Crippen LogP contribution in [0.15, 0.2) is 18.3 Å². The van der Waals surface area contributed by atoms with Crippen LogP contribution in [0.25, 0.3) is 0 Å². The summed E-state index contributed by atoms with van der Waals surface area (Å²) in [6.45, 7) is 1.96. The van der Waals surface area contributed by atoms with Gasteiger partial charge in [0.2, 0.25) is 0 Å². The van der Waals surface area contributed by atoms with Crippen LogP contribution in [0.4, 0.5) is 0 Å². The Balaban J connectivity index is 2.96. The molecule has 1 nitrogen and oxygen atoms in total. The van der Waals surface area contributed by atoms with E-state index in [2.05, 4.69) is 5.92 Å². The van der Waals surface area contributed by atoms with Crippen LogP contribution in [0.3, 0.4) is 0 Å². The van der Waals surface area contributed by atoms with Crippen molar-refractivity contribution in [2.24, 2.45) is 7.05 Å². The van der Waals surface area contributed by atoms with Crippen molar-refractivity contribution in [1.82, 2.24) is 4.57 Å². The topological polar surface area (TPSA) is 4.93 Å². The zero-order chi connectivity index (χ0) is 7.56. The molecule has 0 bridgehead atoms. The van der Waals surface area contributed by atoms with Gasteiger partial charge in [0.25, 0.3) is 0 Å². The van der Waals surface area contributed by atoms with Crippen molar-refractivity contribution in [3.05, 3.63) is 30.4 Å². The third kappa shape index (κ3) is 1.14. The van der Waals surface area contributed by atoms with Gasteiger partial charge in [-0.15, -0.1) is 0 Å². The summed E-state index contributed by atoms with van der Waals surface area (Å²) < 4.78 is 2.01. The Morgan fingerprint density at radius 1 is 1.70 bits per heavy atom. The first-order valence-corrected chi connectivity index (χ1v) is 3.29. The fourth-order valence-electron chi connectivity index (χ4n) is 0.998. The van der Waals surface area contributed by atoms with Gasteiger partial charge in [0, 0.05) is 0 Å². The maximum atomic E-state index is 6.92. The zero-order valence-electron chi connectivity index (χ0n) is 6.26. The second-order valence-electron chi connectivity index (χ2n) is 2.41. The van der Waals surface area contributed by atoms with Crippen molar-refractivity contribution < 1.29 is 0 Å². The Bertz CT molecular complexity index is 252. The standard InChI is InChI=1S/C9H10N/c1-4-8(2)9-6-5-7-10(9)3/h5-8H,2-3H3/q+1. The number of rotatable bonds is 1. The Kier molecular flexibility index (Phi) is 1.98. The van der Waals surface area contributed by atoms with E-state index in [9.17, 15) is 0 Å². The summed E-state index contributed by atoms with van der Waals surface area (Å²) in [4.78, 5) is 0. The van der Waals surface area contributed by atoms with Crippen LogP contribution in [-0.2, 0) is 7.05 Å². The molecule has 0 N–H and O–H groups in total. The SMILES string of the molecule is [C+]#CC(C)c1cccn1C. The average molecular weight is 132 g/mol. The second-order valence-corrected chi connectivity index (χ2v) is 2.41. The van der Waals surface area contributed by atoms with E-state index in [4.69, 9.17) is 6.42 Å². The van der Waals surface area contributed by atoms with Gasteiger partial charge in [-0.25, -0.2) is 0 Å². The summed E-state index contributed by atoms with van der Waals surface area (Å²) in [7, 11) is 1.98. The maximum absolute atomic E-state index is 6.92. The molecule has 1 aromatic heterocycles. The van der Waals surface area contributed by atoms with E-state index >= 15 is 0 Å². The molecule has 0 fully saturated rings. The Hall–Kier alpha value is -0.940. The summed E-state index contributed by atoms with van der Waals surface area (Å²) >= 11 is 0. The molecule has 50 valence electrons. The zero-order valence-corrected chi connectivity index (χ0v) is 6.26. The van der Waals surface area contributed by atoms with Crippen molar-refractivity contribution in [2.45, 2.75) is 12.8 Å². The molecule has 1 heteroatoms. The van der Waals surface area contributed by atoms with Crippen LogP contribution in [0.1, 0.15) is 18.5 Å². The molecule has 0 amide bonds. The van der Waals surface area contributed by atoms with Crippen LogP contribution in [0, 0.1) is 12.3 Å². The van der Waals surface area contributed by atoms with E-state index in [1.54, 1.807) is 0 Å². The van der Waals surface area contributed by atoms with E-state index in [1.165, 1.54) is 0 Å². The van der Waals surface area contributed by atoms with Crippen LogP contribution < -0.4 is 0 Å². The first kappa shape index (κ1) is 7.17. The molecule has 0 radical (unpaired) electrons. The van der Waals surface area contributed by atoms with E-state index in [0.717, 1.165) is 5.69 Å². The fraction of sp³-hybridized carbons (Fsp3) is 0.333. The molecule has 0 saturated heterocycles. The quantitative estimate of drug-likeness (QED) is 0.405. The van der Waals surface area contributed by atoms with Gasteiger partial charge in [-0.2, -0.15) is 0 Å². The summed E-state index contributed by atoms with van der Waals surface area (Å²) in [5.74, 6) is 2.55. The van der Waals surface area contributed by atoms with Gasteiger partial charge in [0.1, 0.15) is 0 Å². The molecule has 1 aromatic rings. The number of aromatic nitrogens is 1. The third-order valence-electron chi connectivity index (χ3n) is 1.64. The summed E-state index contributed by atoms with van der Waals surface area (Å²) in [6.07, 6.45) is 8.89. The molecule has 1 unspecified atom stereocenters. The van der Waals surface area contributed by atoms with E-state index in [0.29, 0.717) is 0 Å². The summed E-state index contributed by atoms with van der Waals surface area (Å²) in [5, 5.41) is 0. The normalized spacial score (nSPS) is 12.8. The molecule has 1 atom stereocenters. The predicted octanol–water partition coefficient (Wildman–Crippen LogP) is 1.72. The molecular weight excluding hydrogens is 122 g/mol. The molecule has 1 rings (SSSR count). The number of hydrogen-bond acceptors (Lipinski definition) is 0. The Morgan fingerprint density at radius 2 is 2.40 bits per heavy atom. The molecular formula is C9H10N+. The summed E-state index contributed by atoms with van der Waals surface area (Å²) in [5.41, 5.74) is 1.13. The van der Waals surface area contributed by atoms with Crippen LogP contribution in [0.2, 0.25) is 0 Å². The van der Waals surface area contributed by atoms with Crippen molar-refractivity contribution in [3.8, 4) is 5.92 Å². The molecule has 0 spiro atoms.